The van der Waals surface area contributed by atoms with Gasteiger partial charge in [0.15, 0.2) is 11.5 Å². The summed E-state index contributed by atoms with van der Waals surface area (Å²) in [6.07, 6.45) is 3.54. The van der Waals surface area contributed by atoms with E-state index >= 15 is 0 Å². The molecule has 1 aromatic carbocycles. The van der Waals surface area contributed by atoms with Crippen molar-refractivity contribution in [2.45, 2.75) is 43.9 Å². The third kappa shape index (κ3) is 4.23. The van der Waals surface area contributed by atoms with Crippen LogP contribution in [0.1, 0.15) is 48.0 Å². The first-order valence-corrected chi connectivity index (χ1v) is 12.2. The van der Waals surface area contributed by atoms with E-state index in [4.69, 9.17) is 16.1 Å². The monoisotopic (exact) mass is 509 g/mol. The Bertz CT molecular complexity index is 1120. The number of fused-ring (bicyclic) bond motifs is 1. The molecule has 1 atom stereocenters. The van der Waals surface area contributed by atoms with Crippen LogP contribution < -0.4 is 5.32 Å². The summed E-state index contributed by atoms with van der Waals surface area (Å²) in [6.45, 7) is 3.97. The van der Waals surface area contributed by atoms with Crippen molar-refractivity contribution in [3.8, 4) is 0 Å². The van der Waals surface area contributed by atoms with Crippen LogP contribution in [0.2, 0.25) is 5.02 Å². The molecular weight excluding hydrogens is 490 g/mol. The van der Waals surface area contributed by atoms with Crippen LogP contribution in [0.5, 0.6) is 0 Å². The van der Waals surface area contributed by atoms with Crippen LogP contribution >= 0.6 is 27.5 Å². The Balaban J connectivity index is 1.86. The molecule has 9 heteroatoms. The Morgan fingerprint density at radius 1 is 1.43 bits per heavy atom. The lowest BCUT2D eigenvalue weighted by atomic mass is 9.85. The number of nitrogens with zero attached hydrogens (tertiary/aromatic N) is 2. The molecule has 2 heterocycles. The van der Waals surface area contributed by atoms with E-state index < -0.39 is 11.2 Å². The Morgan fingerprint density at radius 2 is 2.20 bits per heavy atom. The number of aromatic nitrogens is 2. The largest absolute Gasteiger partial charge is 0.610 e. The standard InChI is InChI=1S/C21H21BrClN3O3S/c1-11-8-14(26-29-11)10-30(28)21-17(12(2)27)20(24-9-13-4-3-5-13)18-16(23)7-6-15(22)19(18)25-21/h6-8,13H,3-5,9-10H2,1-2H3,(H,24,25). The molecule has 0 bridgehead atoms. The summed E-state index contributed by atoms with van der Waals surface area (Å²) in [5.74, 6) is 1.09. The molecule has 0 spiro atoms. The number of nitrogens with one attached hydrogen (secondary N) is 1. The highest BCUT2D eigenvalue weighted by atomic mass is 79.9. The summed E-state index contributed by atoms with van der Waals surface area (Å²) >= 11 is 8.46. The average Bonchev–Trinajstić information content (AvgIpc) is 3.07. The van der Waals surface area contributed by atoms with E-state index in [-0.39, 0.29) is 16.6 Å². The van der Waals surface area contributed by atoms with Crippen molar-refractivity contribution in [3.63, 3.8) is 0 Å². The number of carbonyl (C=O) groups is 1. The molecule has 1 N–H and O–H groups in total. The van der Waals surface area contributed by atoms with Crippen molar-refractivity contribution in [3.05, 3.63) is 44.7 Å². The van der Waals surface area contributed by atoms with Crippen LogP contribution in [0.15, 0.2) is 32.2 Å². The number of aryl methyl sites for hydroxylation is 1. The van der Waals surface area contributed by atoms with Crippen molar-refractivity contribution >= 4 is 61.1 Å². The maximum absolute atomic E-state index is 13.3. The van der Waals surface area contributed by atoms with Crippen LogP contribution in [-0.4, -0.2) is 27.0 Å². The zero-order valence-electron chi connectivity index (χ0n) is 16.6. The molecule has 0 saturated heterocycles. The predicted octanol–water partition coefficient (Wildman–Crippen LogP) is 5.67. The van der Waals surface area contributed by atoms with Gasteiger partial charge in [-0.2, -0.15) is 4.98 Å². The van der Waals surface area contributed by atoms with Crippen LogP contribution in [0.3, 0.4) is 0 Å². The van der Waals surface area contributed by atoms with Crippen LogP contribution in [0, 0.1) is 12.8 Å². The lowest BCUT2D eigenvalue weighted by Crippen LogP contribution is -2.23. The molecule has 4 rings (SSSR count). The minimum atomic E-state index is -1.59. The first kappa shape index (κ1) is 21.6. The predicted molar refractivity (Wildman–Crippen MR) is 122 cm³/mol. The molecule has 3 aromatic rings. The molecule has 30 heavy (non-hydrogen) atoms. The number of Topliss-reactive ketones (excluding diaryl/α,β-unsaturated/α-hetero) is 1. The van der Waals surface area contributed by atoms with Crippen molar-refractivity contribution in [2.24, 2.45) is 5.92 Å². The van der Waals surface area contributed by atoms with Gasteiger partial charge in [0, 0.05) is 33.6 Å². The average molecular weight is 511 g/mol. The van der Waals surface area contributed by atoms with Gasteiger partial charge in [0.05, 0.1) is 16.2 Å². The minimum absolute atomic E-state index is 0.108. The van der Waals surface area contributed by atoms with Crippen molar-refractivity contribution in [1.29, 1.82) is 0 Å². The normalized spacial score (nSPS) is 15.2. The van der Waals surface area contributed by atoms with E-state index in [0.717, 1.165) is 23.9 Å². The number of hydrogen-bond acceptors (Lipinski definition) is 6. The fraction of sp³-hybridized carbons (Fsp3) is 0.381. The third-order valence-electron chi connectivity index (χ3n) is 5.32. The second kappa shape index (κ2) is 8.86. The Morgan fingerprint density at radius 3 is 2.80 bits per heavy atom. The lowest BCUT2D eigenvalue weighted by Gasteiger charge is -2.27. The van der Waals surface area contributed by atoms with Crippen molar-refractivity contribution in [1.82, 2.24) is 10.1 Å². The summed E-state index contributed by atoms with van der Waals surface area (Å²) in [5.41, 5.74) is 2.05. The highest BCUT2D eigenvalue weighted by Gasteiger charge is 2.30. The number of carbonyl (C=O) groups excluding carboxylic acids is 1. The van der Waals surface area contributed by atoms with Gasteiger partial charge in [-0.25, -0.2) is 0 Å². The summed E-state index contributed by atoms with van der Waals surface area (Å²) in [6, 6.07) is 5.30. The van der Waals surface area contributed by atoms with Gasteiger partial charge in [-0.05, 0) is 60.7 Å². The quantitative estimate of drug-likeness (QED) is 0.325. The van der Waals surface area contributed by atoms with Gasteiger partial charge in [0.2, 0.25) is 0 Å². The highest BCUT2D eigenvalue weighted by Crippen LogP contribution is 2.40. The maximum atomic E-state index is 13.3. The number of ketones is 1. The van der Waals surface area contributed by atoms with Gasteiger partial charge in [0.25, 0.3) is 5.03 Å². The Kier molecular flexibility index (Phi) is 6.39. The lowest BCUT2D eigenvalue weighted by molar-refractivity contribution is 0.101. The molecular formula is C21H21BrClN3O3S. The number of rotatable bonds is 7. The van der Waals surface area contributed by atoms with Crippen LogP contribution in [0.4, 0.5) is 5.69 Å². The topological polar surface area (TPSA) is 91.1 Å². The molecule has 6 nitrogen and oxygen atoms in total. The van der Waals surface area contributed by atoms with Gasteiger partial charge >= 0.3 is 0 Å². The van der Waals surface area contributed by atoms with E-state index in [2.05, 4.69) is 31.4 Å². The zero-order chi connectivity index (χ0) is 21.4. The van der Waals surface area contributed by atoms with E-state index in [1.54, 1.807) is 25.1 Å². The van der Waals surface area contributed by atoms with Gasteiger partial charge in [-0.3, -0.25) is 4.79 Å². The summed E-state index contributed by atoms with van der Waals surface area (Å²) in [7, 11) is 0. The van der Waals surface area contributed by atoms with E-state index in [9.17, 15) is 9.35 Å². The van der Waals surface area contributed by atoms with Crippen LogP contribution in [-0.2, 0) is 16.9 Å². The molecule has 2 aromatic heterocycles. The zero-order valence-corrected chi connectivity index (χ0v) is 19.8. The first-order chi connectivity index (χ1) is 14.3. The fourth-order valence-electron chi connectivity index (χ4n) is 3.58. The maximum Gasteiger partial charge on any atom is 0.258 e. The number of anilines is 1. The van der Waals surface area contributed by atoms with Crippen molar-refractivity contribution in [2.75, 3.05) is 11.9 Å². The van der Waals surface area contributed by atoms with E-state index in [1.807, 2.05) is 0 Å². The third-order valence-corrected chi connectivity index (χ3v) is 7.56. The second-order valence-electron chi connectivity index (χ2n) is 7.57. The summed E-state index contributed by atoms with van der Waals surface area (Å²) in [5, 5.41) is 8.74. The van der Waals surface area contributed by atoms with Crippen LogP contribution in [0.25, 0.3) is 10.9 Å². The molecule has 0 aliphatic heterocycles. The molecule has 1 saturated carbocycles. The molecule has 1 aliphatic rings. The number of pyridine rings is 1. The molecule has 158 valence electrons. The summed E-state index contributed by atoms with van der Waals surface area (Å²) in [4.78, 5) is 17.3. The van der Waals surface area contributed by atoms with Gasteiger partial charge in [-0.15, -0.1) is 0 Å². The van der Waals surface area contributed by atoms with E-state index in [0.29, 0.717) is 44.5 Å². The Labute approximate surface area is 191 Å². The number of halogens is 2. The number of benzene rings is 1. The molecule has 0 radical (unpaired) electrons. The molecule has 1 unspecified atom stereocenters. The summed E-state index contributed by atoms with van der Waals surface area (Å²) < 4.78 is 19.1. The molecule has 0 amide bonds. The minimum Gasteiger partial charge on any atom is -0.610 e. The number of hydrogen-bond donors (Lipinski definition) is 1. The first-order valence-electron chi connectivity index (χ1n) is 9.72. The van der Waals surface area contributed by atoms with Gasteiger partial charge < -0.3 is 14.4 Å². The Hall–Kier alpha value is -1.61. The van der Waals surface area contributed by atoms with E-state index in [1.165, 1.54) is 13.3 Å². The molecule has 1 fully saturated rings. The smallest absolute Gasteiger partial charge is 0.258 e. The highest BCUT2D eigenvalue weighted by molar-refractivity contribution is 9.10. The fourth-order valence-corrected chi connectivity index (χ4v) is 5.45. The molecule has 1 aliphatic carbocycles. The van der Waals surface area contributed by atoms with Crippen molar-refractivity contribution < 1.29 is 13.9 Å². The second-order valence-corrected chi connectivity index (χ2v) is 10.2. The van der Waals surface area contributed by atoms with Gasteiger partial charge in [0.1, 0.15) is 17.0 Å². The SMILES string of the molecule is CC(=O)c1c([S+]([O-])Cc2cc(C)on2)nc2c(Br)ccc(Cl)c2c1NCC1CCC1. The van der Waals surface area contributed by atoms with Gasteiger partial charge in [-0.1, -0.05) is 23.2 Å².